The molecule has 0 fully saturated rings. The summed E-state index contributed by atoms with van der Waals surface area (Å²) in [7, 11) is 1.64. The number of nitrogens with zero attached hydrogens (tertiary/aromatic N) is 1. The number of carbonyl (C=O) groups is 1. The summed E-state index contributed by atoms with van der Waals surface area (Å²) in [5.41, 5.74) is 1.36. The second-order valence-corrected chi connectivity index (χ2v) is 6.08. The standard InChI is InChI=1S/C21H22N4O3/c1-3-15-7-6-8-16(11-15)25-20(26)13-24-21(22-2)23-12-17-14-27-18-9-4-5-10-19(18)28-17/h1,4-11,17H,12-14H2,2H3,(H,25,26)(H2,22,23,24). The van der Waals surface area contributed by atoms with Gasteiger partial charge in [-0.15, -0.1) is 6.42 Å². The topological polar surface area (TPSA) is 84.0 Å². The number of benzene rings is 2. The molecule has 2 aromatic carbocycles. The van der Waals surface area contributed by atoms with Crippen LogP contribution in [0.4, 0.5) is 5.69 Å². The SMILES string of the molecule is C#Cc1cccc(NC(=O)CNC(=NC)NCC2COc3ccccc3O2)c1. The van der Waals surface area contributed by atoms with E-state index in [2.05, 4.69) is 26.9 Å². The molecule has 7 heteroatoms. The summed E-state index contributed by atoms with van der Waals surface area (Å²) < 4.78 is 11.6. The summed E-state index contributed by atoms with van der Waals surface area (Å²) in [5, 5.41) is 8.89. The van der Waals surface area contributed by atoms with Crippen LogP contribution in [0.15, 0.2) is 53.5 Å². The molecule has 0 radical (unpaired) electrons. The van der Waals surface area contributed by atoms with Gasteiger partial charge >= 0.3 is 0 Å². The first-order valence-corrected chi connectivity index (χ1v) is 8.87. The smallest absolute Gasteiger partial charge is 0.243 e. The number of fused-ring (bicyclic) bond motifs is 1. The van der Waals surface area contributed by atoms with Crippen molar-refractivity contribution in [3.63, 3.8) is 0 Å². The van der Waals surface area contributed by atoms with E-state index in [1.54, 1.807) is 31.3 Å². The van der Waals surface area contributed by atoms with Crippen LogP contribution in [0.1, 0.15) is 5.56 Å². The van der Waals surface area contributed by atoms with Gasteiger partial charge in [0, 0.05) is 18.3 Å². The fourth-order valence-electron chi connectivity index (χ4n) is 2.65. The number of aliphatic imine (C=N–C) groups is 1. The molecular weight excluding hydrogens is 356 g/mol. The first kappa shape index (κ1) is 19.1. The van der Waals surface area contributed by atoms with Gasteiger partial charge in [0.2, 0.25) is 5.91 Å². The number of terminal acetylenes is 1. The lowest BCUT2D eigenvalue weighted by molar-refractivity contribution is -0.115. The van der Waals surface area contributed by atoms with Gasteiger partial charge in [-0.3, -0.25) is 9.79 Å². The highest BCUT2D eigenvalue weighted by molar-refractivity contribution is 5.95. The molecule has 1 aliphatic rings. The Balaban J connectivity index is 1.43. The van der Waals surface area contributed by atoms with Crippen LogP contribution in [-0.4, -0.2) is 44.7 Å². The van der Waals surface area contributed by atoms with Crippen molar-refractivity contribution in [2.45, 2.75) is 6.10 Å². The summed E-state index contributed by atoms with van der Waals surface area (Å²) in [4.78, 5) is 16.2. The lowest BCUT2D eigenvalue weighted by atomic mass is 10.2. The van der Waals surface area contributed by atoms with Gasteiger partial charge in [-0.1, -0.05) is 24.1 Å². The summed E-state index contributed by atoms with van der Waals surface area (Å²) >= 11 is 0. The number of carbonyl (C=O) groups excluding carboxylic acids is 1. The molecule has 0 aliphatic carbocycles. The van der Waals surface area contributed by atoms with Crippen LogP contribution in [0.5, 0.6) is 11.5 Å². The van der Waals surface area contributed by atoms with E-state index in [1.807, 2.05) is 24.3 Å². The minimum atomic E-state index is -0.205. The van der Waals surface area contributed by atoms with Crippen molar-refractivity contribution in [3.8, 4) is 23.8 Å². The molecule has 0 saturated heterocycles. The molecule has 28 heavy (non-hydrogen) atoms. The molecule has 7 nitrogen and oxygen atoms in total. The Bertz CT molecular complexity index is 905. The van der Waals surface area contributed by atoms with Crippen molar-refractivity contribution in [1.29, 1.82) is 0 Å². The third kappa shape index (κ3) is 5.17. The first-order valence-electron chi connectivity index (χ1n) is 8.87. The first-order chi connectivity index (χ1) is 13.7. The van der Waals surface area contributed by atoms with Gasteiger partial charge in [-0.25, -0.2) is 0 Å². The van der Waals surface area contributed by atoms with Crippen LogP contribution in [0.2, 0.25) is 0 Å². The minimum Gasteiger partial charge on any atom is -0.486 e. The van der Waals surface area contributed by atoms with Crippen LogP contribution in [-0.2, 0) is 4.79 Å². The third-order valence-electron chi connectivity index (χ3n) is 4.02. The monoisotopic (exact) mass is 378 g/mol. The number of hydrogen-bond acceptors (Lipinski definition) is 4. The zero-order valence-electron chi connectivity index (χ0n) is 15.6. The van der Waals surface area contributed by atoms with E-state index in [9.17, 15) is 4.79 Å². The Morgan fingerprint density at radius 1 is 1.21 bits per heavy atom. The normalized spacial score (nSPS) is 15.3. The molecule has 1 heterocycles. The Labute approximate surface area is 164 Å². The van der Waals surface area contributed by atoms with Gasteiger partial charge in [0.25, 0.3) is 0 Å². The maximum atomic E-state index is 12.1. The van der Waals surface area contributed by atoms with Crippen LogP contribution < -0.4 is 25.4 Å². The van der Waals surface area contributed by atoms with Gasteiger partial charge in [-0.2, -0.15) is 0 Å². The number of rotatable bonds is 5. The predicted molar refractivity (Wildman–Crippen MR) is 109 cm³/mol. The average Bonchev–Trinajstić information content (AvgIpc) is 2.74. The quantitative estimate of drug-likeness (QED) is 0.418. The highest BCUT2D eigenvalue weighted by Gasteiger charge is 2.20. The molecule has 1 unspecified atom stereocenters. The fraction of sp³-hybridized carbons (Fsp3) is 0.238. The molecule has 144 valence electrons. The number of amides is 1. The molecule has 1 aliphatic heterocycles. The number of hydrogen-bond donors (Lipinski definition) is 3. The summed E-state index contributed by atoms with van der Waals surface area (Å²) in [5.74, 6) is 4.29. The van der Waals surface area contributed by atoms with Crippen molar-refractivity contribution in [1.82, 2.24) is 10.6 Å². The summed E-state index contributed by atoms with van der Waals surface area (Å²) in [6.45, 7) is 0.984. The van der Waals surface area contributed by atoms with E-state index in [1.165, 1.54) is 0 Å². The average molecular weight is 378 g/mol. The van der Waals surface area contributed by atoms with Crippen molar-refractivity contribution in [2.75, 3.05) is 32.1 Å². The Morgan fingerprint density at radius 2 is 2.04 bits per heavy atom. The predicted octanol–water partition coefficient (Wildman–Crippen LogP) is 1.61. The van der Waals surface area contributed by atoms with E-state index >= 15 is 0 Å². The van der Waals surface area contributed by atoms with Crippen molar-refractivity contribution >= 4 is 17.6 Å². The molecule has 1 amide bonds. The van der Waals surface area contributed by atoms with E-state index < -0.39 is 0 Å². The number of nitrogens with one attached hydrogen (secondary N) is 3. The fourth-order valence-corrected chi connectivity index (χ4v) is 2.65. The molecule has 0 spiro atoms. The zero-order chi connectivity index (χ0) is 19.8. The second kappa shape index (κ2) is 9.33. The molecule has 0 bridgehead atoms. The van der Waals surface area contributed by atoms with E-state index in [4.69, 9.17) is 15.9 Å². The van der Waals surface area contributed by atoms with Crippen molar-refractivity contribution in [3.05, 3.63) is 54.1 Å². The molecule has 1 atom stereocenters. The van der Waals surface area contributed by atoms with Gasteiger partial charge in [-0.05, 0) is 30.3 Å². The highest BCUT2D eigenvalue weighted by atomic mass is 16.6. The molecule has 2 aromatic rings. The lowest BCUT2D eigenvalue weighted by Gasteiger charge is -2.27. The third-order valence-corrected chi connectivity index (χ3v) is 4.02. The molecule has 3 N–H and O–H groups in total. The van der Waals surface area contributed by atoms with Crippen LogP contribution in [0.25, 0.3) is 0 Å². The Hall–Kier alpha value is -3.66. The van der Waals surface area contributed by atoms with Gasteiger partial charge < -0.3 is 25.4 Å². The second-order valence-electron chi connectivity index (χ2n) is 6.08. The zero-order valence-corrected chi connectivity index (χ0v) is 15.6. The molecule has 3 rings (SSSR count). The number of guanidine groups is 1. The Kier molecular flexibility index (Phi) is 6.37. The highest BCUT2D eigenvalue weighted by Crippen LogP contribution is 2.30. The maximum absolute atomic E-state index is 12.1. The van der Waals surface area contributed by atoms with Crippen molar-refractivity contribution in [2.24, 2.45) is 4.99 Å². The minimum absolute atomic E-state index is 0.0603. The summed E-state index contributed by atoms with van der Waals surface area (Å²) in [6.07, 6.45) is 5.21. The van der Waals surface area contributed by atoms with E-state index in [0.29, 0.717) is 30.4 Å². The van der Waals surface area contributed by atoms with Gasteiger partial charge in [0.1, 0.15) is 12.7 Å². The van der Waals surface area contributed by atoms with Gasteiger partial charge in [0.15, 0.2) is 17.5 Å². The van der Waals surface area contributed by atoms with Gasteiger partial charge in [0.05, 0.1) is 13.1 Å². The molecular formula is C21H22N4O3. The maximum Gasteiger partial charge on any atom is 0.243 e. The number of para-hydroxylation sites is 2. The van der Waals surface area contributed by atoms with E-state index in [-0.39, 0.29) is 18.6 Å². The van der Waals surface area contributed by atoms with Crippen molar-refractivity contribution < 1.29 is 14.3 Å². The van der Waals surface area contributed by atoms with Crippen LogP contribution >= 0.6 is 0 Å². The molecule has 0 aromatic heterocycles. The largest absolute Gasteiger partial charge is 0.486 e. The Morgan fingerprint density at radius 3 is 2.82 bits per heavy atom. The lowest BCUT2D eigenvalue weighted by Crippen LogP contribution is -2.47. The molecule has 0 saturated carbocycles. The van der Waals surface area contributed by atoms with E-state index in [0.717, 1.165) is 11.5 Å². The summed E-state index contributed by atoms with van der Waals surface area (Å²) in [6, 6.07) is 14.7. The van der Waals surface area contributed by atoms with Crippen LogP contribution in [0.3, 0.4) is 0 Å². The number of anilines is 1. The van der Waals surface area contributed by atoms with Crippen LogP contribution in [0, 0.1) is 12.3 Å². The number of ether oxygens (including phenoxy) is 2.